The Morgan fingerprint density at radius 2 is 2.39 bits per heavy atom. The summed E-state index contributed by atoms with van der Waals surface area (Å²) in [5.74, 6) is 5.99. The minimum atomic E-state index is -0.394. The average Bonchev–Trinajstić information content (AvgIpc) is 2.91. The maximum atomic E-state index is 12.2. The number of nitrogen functional groups attached to an aromatic ring is 1. The van der Waals surface area contributed by atoms with Crippen LogP contribution < -0.4 is 16.6 Å². The largest absolute Gasteiger partial charge is 0.394 e. The van der Waals surface area contributed by atoms with Gasteiger partial charge in [-0.3, -0.25) is 9.78 Å². The van der Waals surface area contributed by atoms with Crippen LogP contribution in [-0.4, -0.2) is 45.4 Å². The molecule has 2 aromatic rings. The number of hydrogen-bond acceptors (Lipinski definition) is 6. The Hall–Kier alpha value is -2.34. The Kier molecular flexibility index (Phi) is 4.34. The Bertz CT molecular complexity index is 829. The number of morpholine rings is 1. The summed E-state index contributed by atoms with van der Waals surface area (Å²) in [5, 5.41) is 12.9. The Labute approximate surface area is 132 Å². The summed E-state index contributed by atoms with van der Waals surface area (Å²) >= 11 is 0. The lowest BCUT2D eigenvalue weighted by Gasteiger charge is -2.30. The van der Waals surface area contributed by atoms with E-state index in [9.17, 15) is 9.90 Å². The molecule has 23 heavy (non-hydrogen) atoms. The molecule has 2 unspecified atom stereocenters. The van der Waals surface area contributed by atoms with Gasteiger partial charge in [0.05, 0.1) is 23.7 Å². The van der Waals surface area contributed by atoms with Crippen molar-refractivity contribution in [3.63, 3.8) is 0 Å². The molecule has 0 bridgehead atoms. The van der Waals surface area contributed by atoms with Gasteiger partial charge in [0.2, 0.25) is 5.95 Å². The van der Waals surface area contributed by atoms with E-state index in [4.69, 9.17) is 10.5 Å². The minimum Gasteiger partial charge on any atom is -0.394 e. The molecule has 2 aromatic heterocycles. The van der Waals surface area contributed by atoms with Gasteiger partial charge in [-0.25, -0.2) is 0 Å². The average molecular weight is 317 g/mol. The van der Waals surface area contributed by atoms with Crippen molar-refractivity contribution in [2.75, 3.05) is 25.4 Å². The molecule has 0 amide bonds. The van der Waals surface area contributed by atoms with E-state index in [2.05, 4.69) is 27.1 Å². The summed E-state index contributed by atoms with van der Waals surface area (Å²) in [4.78, 5) is 19.0. The first-order valence-electron chi connectivity index (χ1n) is 7.50. The molecule has 1 saturated heterocycles. The molecular weight excluding hydrogens is 298 g/mol. The number of aliphatic hydroxyl groups is 1. The highest BCUT2D eigenvalue weighted by atomic mass is 16.5. The van der Waals surface area contributed by atoms with Crippen LogP contribution in [0.25, 0.3) is 11.0 Å². The number of anilines is 1. The predicted octanol–water partition coefficient (Wildman–Crippen LogP) is -0.452. The van der Waals surface area contributed by atoms with E-state index in [1.165, 1.54) is 0 Å². The molecule has 0 aromatic carbocycles. The number of nitrogens with two attached hydrogens (primary N) is 1. The van der Waals surface area contributed by atoms with Crippen LogP contribution in [0.15, 0.2) is 11.0 Å². The molecule has 8 nitrogen and oxygen atoms in total. The normalized spacial score (nSPS) is 21.1. The van der Waals surface area contributed by atoms with E-state index in [0.29, 0.717) is 36.1 Å². The maximum Gasteiger partial charge on any atom is 0.263 e. The number of fused-ring (bicyclic) bond motifs is 1. The van der Waals surface area contributed by atoms with Crippen molar-refractivity contribution in [2.45, 2.75) is 25.7 Å². The molecule has 0 spiro atoms. The highest BCUT2D eigenvalue weighted by Gasteiger charge is 2.26. The molecule has 8 heteroatoms. The summed E-state index contributed by atoms with van der Waals surface area (Å²) in [6, 6.07) is 0. The number of aromatic nitrogens is 3. The van der Waals surface area contributed by atoms with Crippen LogP contribution in [0.5, 0.6) is 0 Å². The molecule has 1 aliphatic rings. The molecule has 122 valence electrons. The summed E-state index contributed by atoms with van der Waals surface area (Å²) in [7, 11) is 0. The zero-order valence-corrected chi connectivity index (χ0v) is 12.8. The molecule has 1 aliphatic heterocycles. The van der Waals surface area contributed by atoms with Crippen LogP contribution in [0.4, 0.5) is 5.95 Å². The SMILES string of the molecule is CCC#Cc1cn(C2CNCC(CO)O2)c2nc(N)[nH]c(=O)c12. The fourth-order valence-corrected chi connectivity index (χ4v) is 2.63. The number of aromatic amines is 1. The number of nitrogens with one attached hydrogen (secondary N) is 2. The van der Waals surface area contributed by atoms with E-state index < -0.39 is 6.23 Å². The smallest absolute Gasteiger partial charge is 0.263 e. The van der Waals surface area contributed by atoms with E-state index in [1.807, 2.05) is 6.92 Å². The quantitative estimate of drug-likeness (QED) is 0.557. The summed E-state index contributed by atoms with van der Waals surface area (Å²) in [6.45, 7) is 2.97. The van der Waals surface area contributed by atoms with Crippen molar-refractivity contribution in [1.82, 2.24) is 19.9 Å². The molecule has 0 saturated carbocycles. The van der Waals surface area contributed by atoms with Gasteiger partial charge in [-0.15, -0.1) is 0 Å². The molecule has 3 rings (SSSR count). The van der Waals surface area contributed by atoms with Crippen molar-refractivity contribution < 1.29 is 9.84 Å². The molecule has 3 heterocycles. The molecule has 5 N–H and O–H groups in total. The van der Waals surface area contributed by atoms with Crippen LogP contribution in [0.2, 0.25) is 0 Å². The first-order chi connectivity index (χ1) is 11.1. The van der Waals surface area contributed by atoms with Crippen LogP contribution in [0.1, 0.15) is 25.1 Å². The van der Waals surface area contributed by atoms with Gasteiger partial charge in [-0.2, -0.15) is 4.98 Å². The topological polar surface area (TPSA) is 118 Å². The van der Waals surface area contributed by atoms with Gasteiger partial charge in [0.25, 0.3) is 5.56 Å². The summed E-state index contributed by atoms with van der Waals surface area (Å²) in [5.41, 5.74) is 6.36. The minimum absolute atomic E-state index is 0.0410. The first kappa shape index (κ1) is 15.6. The lowest BCUT2D eigenvalue weighted by Crippen LogP contribution is -2.44. The maximum absolute atomic E-state index is 12.2. The lowest BCUT2D eigenvalue weighted by atomic mass is 10.2. The summed E-state index contributed by atoms with van der Waals surface area (Å²) < 4.78 is 7.58. The standard InChI is InChI=1S/C15H19N5O3/c1-2-3-4-9-7-20(11-6-17-5-10(8-21)23-11)13-12(9)14(22)19-15(16)18-13/h7,10-11,17,21H,2,5-6,8H2,1H3,(H3,16,18,19,22). The Morgan fingerprint density at radius 3 is 3.13 bits per heavy atom. The van der Waals surface area contributed by atoms with Crippen LogP contribution in [0.3, 0.4) is 0 Å². The number of hydrogen-bond donors (Lipinski definition) is 4. The van der Waals surface area contributed by atoms with Gasteiger partial charge < -0.3 is 25.5 Å². The highest BCUT2D eigenvalue weighted by molar-refractivity contribution is 5.83. The van der Waals surface area contributed by atoms with Crippen molar-refractivity contribution >= 4 is 17.0 Å². The fraction of sp³-hybridized carbons (Fsp3) is 0.467. The Morgan fingerprint density at radius 1 is 1.57 bits per heavy atom. The van der Waals surface area contributed by atoms with Crippen molar-refractivity contribution in [3.8, 4) is 11.8 Å². The molecular formula is C15H19N5O3. The summed E-state index contributed by atoms with van der Waals surface area (Å²) in [6.07, 6.45) is 1.73. The zero-order chi connectivity index (χ0) is 16.4. The molecule has 2 atom stereocenters. The third-order valence-corrected chi connectivity index (χ3v) is 3.65. The second kappa shape index (κ2) is 6.42. The van der Waals surface area contributed by atoms with Crippen molar-refractivity contribution in [3.05, 3.63) is 22.1 Å². The van der Waals surface area contributed by atoms with Crippen LogP contribution in [-0.2, 0) is 4.74 Å². The van der Waals surface area contributed by atoms with Gasteiger partial charge in [-0.05, 0) is 0 Å². The first-order valence-corrected chi connectivity index (χ1v) is 7.50. The number of aliphatic hydroxyl groups excluding tert-OH is 1. The highest BCUT2D eigenvalue weighted by Crippen LogP contribution is 2.23. The van der Waals surface area contributed by atoms with Gasteiger partial charge in [0.1, 0.15) is 6.23 Å². The number of nitrogens with zero attached hydrogens (tertiary/aromatic N) is 2. The van der Waals surface area contributed by atoms with Gasteiger partial charge in [-0.1, -0.05) is 18.8 Å². The number of rotatable bonds is 2. The van der Waals surface area contributed by atoms with Crippen LogP contribution >= 0.6 is 0 Å². The van der Waals surface area contributed by atoms with Crippen LogP contribution in [0, 0.1) is 11.8 Å². The van der Waals surface area contributed by atoms with E-state index in [1.54, 1.807) is 10.8 Å². The van der Waals surface area contributed by atoms with Crippen molar-refractivity contribution in [2.24, 2.45) is 0 Å². The number of ether oxygens (including phenoxy) is 1. The van der Waals surface area contributed by atoms with E-state index >= 15 is 0 Å². The predicted molar refractivity (Wildman–Crippen MR) is 85.8 cm³/mol. The monoisotopic (exact) mass is 317 g/mol. The third-order valence-electron chi connectivity index (χ3n) is 3.65. The van der Waals surface area contributed by atoms with Gasteiger partial charge in [0, 0.05) is 25.7 Å². The third kappa shape index (κ3) is 2.94. The van der Waals surface area contributed by atoms with E-state index in [0.717, 1.165) is 0 Å². The molecule has 0 aliphatic carbocycles. The molecule has 1 fully saturated rings. The van der Waals surface area contributed by atoms with E-state index in [-0.39, 0.29) is 24.2 Å². The fourth-order valence-electron chi connectivity index (χ4n) is 2.63. The van der Waals surface area contributed by atoms with Gasteiger partial charge in [0.15, 0.2) is 5.65 Å². The van der Waals surface area contributed by atoms with Gasteiger partial charge >= 0.3 is 0 Å². The second-order valence-corrected chi connectivity index (χ2v) is 5.31. The molecule has 0 radical (unpaired) electrons. The second-order valence-electron chi connectivity index (χ2n) is 5.31. The lowest BCUT2D eigenvalue weighted by molar-refractivity contribution is -0.0931. The zero-order valence-electron chi connectivity index (χ0n) is 12.8. The van der Waals surface area contributed by atoms with Crippen molar-refractivity contribution in [1.29, 1.82) is 0 Å². The number of H-pyrrole nitrogens is 1. The Balaban J connectivity index is 2.14.